The summed E-state index contributed by atoms with van der Waals surface area (Å²) in [5.41, 5.74) is 1.71. The predicted molar refractivity (Wildman–Crippen MR) is 116 cm³/mol. The molecule has 2 aromatic rings. The number of H-pyrrole nitrogens is 1. The SMILES string of the molecule is COc1ccc(OC)c(-c2cc(C(=O)NC3CCN([C@@H]4CCS(=O)(=O)C4)CC3)[nH]n2)c1. The van der Waals surface area contributed by atoms with Gasteiger partial charge in [-0.25, -0.2) is 8.42 Å². The van der Waals surface area contributed by atoms with E-state index >= 15 is 0 Å². The van der Waals surface area contributed by atoms with Gasteiger partial charge in [0, 0.05) is 30.7 Å². The number of nitrogens with one attached hydrogen (secondary N) is 2. The number of likely N-dealkylation sites (tertiary alicyclic amines) is 1. The van der Waals surface area contributed by atoms with Gasteiger partial charge >= 0.3 is 0 Å². The second kappa shape index (κ2) is 8.88. The minimum absolute atomic E-state index is 0.0554. The summed E-state index contributed by atoms with van der Waals surface area (Å²) >= 11 is 0. The molecule has 2 N–H and O–H groups in total. The first-order valence-electron chi connectivity index (χ1n) is 10.4. The quantitative estimate of drug-likeness (QED) is 0.688. The number of ether oxygens (including phenoxy) is 2. The second-order valence-corrected chi connectivity index (χ2v) is 10.3. The van der Waals surface area contributed by atoms with Gasteiger partial charge in [-0.3, -0.25) is 14.8 Å². The standard InChI is InChI=1S/C21H28N4O5S/c1-29-16-3-4-20(30-2)17(11-16)18-12-19(24-23-18)21(26)22-14-5-8-25(9-6-14)15-7-10-31(27,28)13-15/h3-4,11-12,14-15H,5-10,13H2,1-2H3,(H,22,26)(H,23,24)/t15-/m1/s1. The minimum atomic E-state index is -2.88. The van der Waals surface area contributed by atoms with E-state index in [4.69, 9.17) is 9.47 Å². The lowest BCUT2D eigenvalue weighted by Gasteiger charge is -2.35. The highest BCUT2D eigenvalue weighted by Gasteiger charge is 2.34. The molecule has 0 radical (unpaired) electrons. The normalized spacial score (nSPS) is 21.7. The Morgan fingerprint density at radius 3 is 2.58 bits per heavy atom. The molecular weight excluding hydrogens is 420 g/mol. The number of sulfone groups is 1. The van der Waals surface area contributed by atoms with Gasteiger partial charge < -0.3 is 14.8 Å². The smallest absolute Gasteiger partial charge is 0.269 e. The fourth-order valence-electron chi connectivity index (χ4n) is 4.33. The highest BCUT2D eigenvalue weighted by molar-refractivity contribution is 7.91. The van der Waals surface area contributed by atoms with E-state index in [1.54, 1.807) is 32.4 Å². The van der Waals surface area contributed by atoms with E-state index < -0.39 is 9.84 Å². The molecule has 0 unspecified atom stereocenters. The molecule has 0 bridgehead atoms. The van der Waals surface area contributed by atoms with Gasteiger partial charge in [0.1, 0.15) is 17.2 Å². The molecule has 3 heterocycles. The Kier molecular flexibility index (Phi) is 6.19. The molecule has 1 aromatic carbocycles. The lowest BCUT2D eigenvalue weighted by atomic mass is 10.0. The zero-order valence-corrected chi connectivity index (χ0v) is 18.6. The van der Waals surface area contributed by atoms with Gasteiger partial charge in [0.15, 0.2) is 9.84 Å². The molecular formula is C21H28N4O5S. The van der Waals surface area contributed by atoms with Crippen molar-refractivity contribution >= 4 is 15.7 Å². The van der Waals surface area contributed by atoms with E-state index in [1.807, 2.05) is 6.07 Å². The second-order valence-electron chi connectivity index (χ2n) is 8.07. The topological polar surface area (TPSA) is 114 Å². The Labute approximate surface area is 182 Å². The lowest BCUT2D eigenvalue weighted by Crippen LogP contribution is -2.48. The monoisotopic (exact) mass is 448 g/mol. The first-order valence-corrected chi connectivity index (χ1v) is 12.2. The Morgan fingerprint density at radius 2 is 1.94 bits per heavy atom. The van der Waals surface area contributed by atoms with E-state index in [-0.39, 0.29) is 29.5 Å². The number of hydrogen-bond acceptors (Lipinski definition) is 7. The summed E-state index contributed by atoms with van der Waals surface area (Å²) in [5.74, 6) is 1.65. The summed E-state index contributed by atoms with van der Waals surface area (Å²) in [6, 6.07) is 7.29. The van der Waals surface area contributed by atoms with Crippen molar-refractivity contribution in [2.75, 3.05) is 38.8 Å². The summed E-state index contributed by atoms with van der Waals surface area (Å²) in [6.07, 6.45) is 2.31. The highest BCUT2D eigenvalue weighted by Crippen LogP contribution is 2.32. The third-order valence-electron chi connectivity index (χ3n) is 6.09. The van der Waals surface area contributed by atoms with Gasteiger partial charge in [0.05, 0.1) is 31.4 Å². The predicted octanol–water partition coefficient (Wildman–Crippen LogP) is 1.48. The van der Waals surface area contributed by atoms with Crippen molar-refractivity contribution < 1.29 is 22.7 Å². The molecule has 31 heavy (non-hydrogen) atoms. The summed E-state index contributed by atoms with van der Waals surface area (Å²) < 4.78 is 34.1. The van der Waals surface area contributed by atoms with E-state index in [0.717, 1.165) is 31.5 Å². The van der Waals surface area contributed by atoms with Crippen LogP contribution in [0.1, 0.15) is 29.8 Å². The van der Waals surface area contributed by atoms with Crippen LogP contribution in [0.3, 0.4) is 0 Å². The number of methoxy groups -OCH3 is 2. The zero-order valence-electron chi connectivity index (χ0n) is 17.8. The van der Waals surface area contributed by atoms with Gasteiger partial charge in [-0.1, -0.05) is 0 Å². The van der Waals surface area contributed by atoms with Crippen molar-refractivity contribution in [3.8, 4) is 22.8 Å². The summed E-state index contributed by atoms with van der Waals surface area (Å²) in [6.45, 7) is 1.58. The molecule has 9 nitrogen and oxygen atoms in total. The van der Waals surface area contributed by atoms with Gasteiger partial charge in [0.2, 0.25) is 0 Å². The van der Waals surface area contributed by atoms with Gasteiger partial charge in [-0.05, 0) is 43.5 Å². The lowest BCUT2D eigenvalue weighted by molar-refractivity contribution is 0.0893. The number of piperidine rings is 1. The molecule has 168 valence electrons. The third kappa shape index (κ3) is 4.85. The summed E-state index contributed by atoms with van der Waals surface area (Å²) in [7, 11) is 0.289. The molecule has 10 heteroatoms. The van der Waals surface area contributed by atoms with Crippen molar-refractivity contribution in [3.63, 3.8) is 0 Å². The number of carbonyl (C=O) groups is 1. The van der Waals surface area contributed by atoms with Crippen LogP contribution < -0.4 is 14.8 Å². The molecule has 2 aliphatic heterocycles. The molecule has 2 aliphatic rings. The van der Waals surface area contributed by atoms with E-state index in [1.165, 1.54) is 0 Å². The molecule has 2 saturated heterocycles. The van der Waals surface area contributed by atoms with Crippen molar-refractivity contribution in [1.82, 2.24) is 20.4 Å². The Balaban J connectivity index is 1.36. The molecule has 0 saturated carbocycles. The number of benzene rings is 1. The molecule has 1 atom stereocenters. The third-order valence-corrected chi connectivity index (χ3v) is 7.85. The van der Waals surface area contributed by atoms with Crippen molar-refractivity contribution in [2.24, 2.45) is 0 Å². The number of carbonyl (C=O) groups excluding carboxylic acids is 1. The van der Waals surface area contributed by atoms with Crippen LogP contribution in [0.5, 0.6) is 11.5 Å². The first-order chi connectivity index (χ1) is 14.9. The number of nitrogens with zero attached hydrogens (tertiary/aromatic N) is 2. The largest absolute Gasteiger partial charge is 0.497 e. The number of aromatic nitrogens is 2. The maximum absolute atomic E-state index is 12.7. The Bertz CT molecular complexity index is 1040. The Morgan fingerprint density at radius 1 is 1.16 bits per heavy atom. The van der Waals surface area contributed by atoms with Crippen LogP contribution in [-0.2, 0) is 9.84 Å². The van der Waals surface area contributed by atoms with Crippen LogP contribution >= 0.6 is 0 Å². The maximum Gasteiger partial charge on any atom is 0.269 e. The number of amides is 1. The fraction of sp³-hybridized carbons (Fsp3) is 0.524. The molecule has 4 rings (SSSR count). The Hall–Kier alpha value is -2.59. The van der Waals surface area contributed by atoms with Crippen LogP contribution in [0.4, 0.5) is 0 Å². The molecule has 2 fully saturated rings. The maximum atomic E-state index is 12.7. The minimum Gasteiger partial charge on any atom is -0.497 e. The highest BCUT2D eigenvalue weighted by atomic mass is 32.2. The summed E-state index contributed by atoms with van der Waals surface area (Å²) in [4.78, 5) is 15.0. The fourth-order valence-corrected chi connectivity index (χ4v) is 6.09. The average molecular weight is 449 g/mol. The van der Waals surface area contributed by atoms with Crippen molar-refractivity contribution in [2.45, 2.75) is 31.3 Å². The van der Waals surface area contributed by atoms with E-state index in [9.17, 15) is 13.2 Å². The van der Waals surface area contributed by atoms with Crippen LogP contribution in [0.15, 0.2) is 24.3 Å². The average Bonchev–Trinajstić information content (AvgIpc) is 3.40. The number of aromatic amines is 1. The first kappa shape index (κ1) is 21.6. The number of rotatable bonds is 6. The van der Waals surface area contributed by atoms with Crippen LogP contribution in [0, 0.1) is 0 Å². The molecule has 1 amide bonds. The zero-order chi connectivity index (χ0) is 22.0. The van der Waals surface area contributed by atoms with Gasteiger partial charge in [0.25, 0.3) is 5.91 Å². The molecule has 0 spiro atoms. The van der Waals surface area contributed by atoms with E-state index in [2.05, 4.69) is 20.4 Å². The molecule has 0 aliphatic carbocycles. The van der Waals surface area contributed by atoms with Crippen molar-refractivity contribution in [3.05, 3.63) is 30.0 Å². The number of hydrogen-bond donors (Lipinski definition) is 2. The van der Waals surface area contributed by atoms with E-state index in [0.29, 0.717) is 29.3 Å². The van der Waals surface area contributed by atoms with Gasteiger partial charge in [-0.2, -0.15) is 5.10 Å². The van der Waals surface area contributed by atoms with Crippen LogP contribution in [0.2, 0.25) is 0 Å². The van der Waals surface area contributed by atoms with Crippen LogP contribution in [-0.4, -0.2) is 80.3 Å². The van der Waals surface area contributed by atoms with Gasteiger partial charge in [-0.15, -0.1) is 0 Å². The summed E-state index contributed by atoms with van der Waals surface area (Å²) in [5, 5.41) is 10.2. The van der Waals surface area contributed by atoms with Crippen molar-refractivity contribution in [1.29, 1.82) is 0 Å². The van der Waals surface area contributed by atoms with Crippen LogP contribution in [0.25, 0.3) is 11.3 Å². The molecule has 1 aromatic heterocycles.